The minimum atomic E-state index is -1.29. The molecule has 1 aromatic carbocycles. The summed E-state index contributed by atoms with van der Waals surface area (Å²) in [6, 6.07) is 13.9. The van der Waals surface area contributed by atoms with E-state index < -0.39 is 66.2 Å². The molecule has 4 amide bonds. The maximum absolute atomic E-state index is 14.4. The van der Waals surface area contributed by atoms with E-state index in [0.29, 0.717) is 98.1 Å². The Kier molecular flexibility index (Phi) is 20.4. The molecule has 0 spiro atoms. The number of carbonyl (C=O) groups is 7. The molecule has 9 heterocycles. The second-order valence-corrected chi connectivity index (χ2v) is 26.8. The standard InChI is InChI=1S/C60H58N12O11S6/c1-29(2)35-20-41(73)48-30(3)88-59(70-48)37(21-44(74)61-4)64-53(81)39-26-84-55(66-39)34-17-18-36(57-68-43(28-87-57)72-23-31(10-9-13-46(76)77)14-15-33(72)16-19-47(78)79)63-49(34)38-25-85-58(65-38)40-27-86-60(67-40)51(52(80)32-11-7-6-8-12-32)69-45(75)22-62-54(82)50-42(24-83-5)89-56(35)71-50/h6-8,11-12,14-15,17-18,23,25-29,35,37,51-52,80H,9-10,13,16,19-22,24H2,1-5H3,(H5-,61,62,64,69,74,75,76,77,78,79,81,82)/p+1/t35?,37-,51-,52-/m0/s1. The highest BCUT2D eigenvalue weighted by molar-refractivity contribution is 7.15. The second-order valence-electron chi connectivity index (χ2n) is 21.0. The molecule has 89 heavy (non-hydrogen) atoms. The number of aliphatic carboxylic acids is 2. The summed E-state index contributed by atoms with van der Waals surface area (Å²) in [6.45, 7) is 5.14. The maximum atomic E-state index is 14.4. The van der Waals surface area contributed by atoms with Crippen LogP contribution in [0.1, 0.15) is 143 Å². The zero-order valence-corrected chi connectivity index (χ0v) is 53.4. The van der Waals surface area contributed by atoms with Crippen molar-refractivity contribution in [3.63, 3.8) is 0 Å². The minimum absolute atomic E-state index is 0.0156. The number of aliphatic hydroxyl groups is 1. The number of fused-ring (bicyclic) bond motifs is 14. The van der Waals surface area contributed by atoms with E-state index in [1.165, 1.54) is 82.2 Å². The van der Waals surface area contributed by atoms with Gasteiger partial charge in [-0.25, -0.2) is 29.9 Å². The van der Waals surface area contributed by atoms with Gasteiger partial charge in [0.1, 0.15) is 77.7 Å². The molecule has 1 aliphatic rings. The van der Waals surface area contributed by atoms with E-state index in [0.717, 1.165) is 5.56 Å². The molecule has 0 fully saturated rings. The Morgan fingerprint density at radius 1 is 0.719 bits per heavy atom. The van der Waals surface area contributed by atoms with Gasteiger partial charge in [0.25, 0.3) is 16.8 Å². The monoisotopic (exact) mass is 1320 g/mol. The molecule has 9 aromatic rings. The van der Waals surface area contributed by atoms with Crippen molar-refractivity contribution in [2.45, 2.75) is 96.4 Å². The van der Waals surface area contributed by atoms with Crippen molar-refractivity contribution in [3.8, 4) is 49.2 Å². The molecule has 8 aromatic heterocycles. The number of carboxylic acid groups (broad SMARTS) is 2. The van der Waals surface area contributed by atoms with Crippen LogP contribution in [-0.4, -0.2) is 112 Å². The van der Waals surface area contributed by atoms with Crippen molar-refractivity contribution < 1.29 is 58.2 Å². The first kappa shape index (κ1) is 63.7. The molecule has 10 bridgehead atoms. The van der Waals surface area contributed by atoms with Crippen molar-refractivity contribution in [3.05, 3.63) is 141 Å². The zero-order chi connectivity index (χ0) is 63.0. The molecule has 0 saturated carbocycles. The number of carbonyl (C=O) groups excluding carboxylic acids is 5. The van der Waals surface area contributed by atoms with Crippen molar-refractivity contribution in [1.29, 1.82) is 0 Å². The summed E-state index contributed by atoms with van der Waals surface area (Å²) in [6.07, 6.45) is 1.21. The number of Topliss-reactive ketones (excluding diaryl/α,β-unsaturated/α-hetero) is 1. The van der Waals surface area contributed by atoms with Gasteiger partial charge in [-0.2, -0.15) is 4.57 Å². The number of pyridine rings is 2. The molecule has 4 atom stereocenters. The molecule has 10 rings (SSSR count). The molecule has 1 aliphatic heterocycles. The number of hydrogen-bond acceptors (Lipinski definition) is 22. The highest BCUT2D eigenvalue weighted by atomic mass is 32.1. The van der Waals surface area contributed by atoms with E-state index in [2.05, 4.69) is 21.3 Å². The summed E-state index contributed by atoms with van der Waals surface area (Å²) in [4.78, 5) is 129. The van der Waals surface area contributed by atoms with Crippen LogP contribution in [0.5, 0.6) is 0 Å². The Morgan fingerprint density at radius 3 is 2.19 bits per heavy atom. The predicted octanol–water partition coefficient (Wildman–Crippen LogP) is 8.90. The Hall–Kier alpha value is -8.29. The normalized spacial score (nSPS) is 16.1. The number of ether oxygens (including phenoxy) is 1. The molecule has 29 heteroatoms. The van der Waals surface area contributed by atoms with Crippen LogP contribution in [0.25, 0.3) is 49.2 Å². The lowest BCUT2D eigenvalue weighted by Gasteiger charge is -2.23. The zero-order valence-electron chi connectivity index (χ0n) is 48.5. The van der Waals surface area contributed by atoms with Crippen molar-refractivity contribution in [2.24, 2.45) is 5.92 Å². The number of nitrogens with one attached hydrogen (secondary N) is 4. The molecule has 7 N–H and O–H groups in total. The summed E-state index contributed by atoms with van der Waals surface area (Å²) in [5.41, 5.74) is 4.36. The third-order valence-electron chi connectivity index (χ3n) is 14.4. The molecule has 460 valence electrons. The highest BCUT2D eigenvalue weighted by Gasteiger charge is 2.34. The predicted molar refractivity (Wildman–Crippen MR) is 336 cm³/mol. The molecule has 23 nitrogen and oxygen atoms in total. The first-order valence-corrected chi connectivity index (χ1v) is 33.1. The average molecular weight is 1320 g/mol. The second kappa shape index (κ2) is 28.5. The Balaban J connectivity index is 1.06. The lowest BCUT2D eigenvalue weighted by Crippen LogP contribution is -2.40. The Morgan fingerprint density at radius 2 is 1.44 bits per heavy atom. The number of nitrogens with zero attached hydrogens (tertiary/aromatic N) is 8. The lowest BCUT2D eigenvalue weighted by atomic mass is 9.90. The smallest absolute Gasteiger partial charge is 0.339 e. The van der Waals surface area contributed by atoms with Gasteiger partial charge >= 0.3 is 17.8 Å². The van der Waals surface area contributed by atoms with Crippen LogP contribution in [0.3, 0.4) is 0 Å². The fourth-order valence-electron chi connectivity index (χ4n) is 9.76. The number of benzene rings is 1. The summed E-state index contributed by atoms with van der Waals surface area (Å²) < 4.78 is 7.29. The molecular formula is C60H59N12O11S6+. The summed E-state index contributed by atoms with van der Waals surface area (Å²) in [5.74, 6) is -4.62. The van der Waals surface area contributed by atoms with Crippen LogP contribution in [-0.2, 0) is 43.4 Å². The van der Waals surface area contributed by atoms with Crippen LogP contribution >= 0.6 is 68.0 Å². The number of rotatable bonds is 16. The summed E-state index contributed by atoms with van der Waals surface area (Å²) in [5, 5.41) is 51.5. The number of thiazole rings is 6. The van der Waals surface area contributed by atoms with Gasteiger partial charge in [-0.1, -0.05) is 61.6 Å². The van der Waals surface area contributed by atoms with Crippen molar-refractivity contribution in [1.82, 2.24) is 56.2 Å². The molecule has 0 saturated heterocycles. The van der Waals surface area contributed by atoms with Gasteiger partial charge in [0, 0.05) is 65.9 Å². The largest absolute Gasteiger partial charge is 0.481 e. The van der Waals surface area contributed by atoms with E-state index in [4.69, 9.17) is 39.6 Å². The summed E-state index contributed by atoms with van der Waals surface area (Å²) >= 11 is 7.33. The number of carboxylic acids is 2. The van der Waals surface area contributed by atoms with Crippen LogP contribution in [0.15, 0.2) is 82.3 Å². The first-order chi connectivity index (χ1) is 42.8. The molecule has 1 unspecified atom stereocenters. The lowest BCUT2D eigenvalue weighted by molar-refractivity contribution is -0.608. The van der Waals surface area contributed by atoms with Gasteiger partial charge in [-0.3, -0.25) is 33.6 Å². The molecular weight excluding hydrogens is 1260 g/mol. The first-order valence-electron chi connectivity index (χ1n) is 28.0. The number of amides is 4. The number of aryl methyl sites for hydroxylation is 3. The molecule has 0 radical (unpaired) electrons. The Labute approximate surface area is 533 Å². The topological polar surface area (TPSA) is 332 Å². The van der Waals surface area contributed by atoms with Crippen LogP contribution in [0.4, 0.5) is 0 Å². The van der Waals surface area contributed by atoms with E-state index in [9.17, 15) is 48.9 Å². The van der Waals surface area contributed by atoms with Gasteiger partial charge in [0.15, 0.2) is 5.78 Å². The number of hydrogen-bond donors (Lipinski definition) is 7. The minimum Gasteiger partial charge on any atom is -0.481 e. The summed E-state index contributed by atoms with van der Waals surface area (Å²) in [7, 11) is 2.96. The van der Waals surface area contributed by atoms with Crippen LogP contribution in [0, 0.1) is 12.8 Å². The SMILES string of the molecule is CNC(=O)C[C@@H]1NC(=O)c2csc(n2)-c2ccc(-c3nc(-[n+]4cc(CCCC(=O)O)ccc4CCC(=O)O)cs3)nc2-c2csc(n2)-c2csc(n2)[C@H]([C@@H](O)c2ccccc2)NC(=O)CNC(=O)c2nc(sc2COC)C(C(C)C)CC(=O)c2nc1sc2C. The third-order valence-corrected chi connectivity index (χ3v) is 20.1. The van der Waals surface area contributed by atoms with Gasteiger partial charge in [0.2, 0.25) is 11.8 Å². The average Bonchev–Trinajstić information content (AvgIpc) is 1.77. The van der Waals surface area contributed by atoms with Gasteiger partial charge in [0.05, 0.1) is 53.5 Å². The van der Waals surface area contributed by atoms with E-state index in [1.807, 2.05) is 42.1 Å². The van der Waals surface area contributed by atoms with E-state index in [1.54, 1.807) is 65.5 Å². The van der Waals surface area contributed by atoms with Gasteiger partial charge in [-0.15, -0.1) is 56.7 Å². The van der Waals surface area contributed by atoms with Crippen molar-refractivity contribution in [2.75, 3.05) is 20.7 Å². The van der Waals surface area contributed by atoms with Gasteiger partial charge < -0.3 is 41.3 Å². The highest BCUT2D eigenvalue weighted by Crippen LogP contribution is 2.41. The quantitative estimate of drug-likeness (QED) is 0.0444. The van der Waals surface area contributed by atoms with Crippen LogP contribution < -0.4 is 25.8 Å². The van der Waals surface area contributed by atoms with Crippen molar-refractivity contribution >= 4 is 109 Å². The van der Waals surface area contributed by atoms with Gasteiger partial charge in [-0.05, 0) is 60.0 Å². The molecule has 0 aliphatic carbocycles. The number of methoxy groups -OCH3 is 1. The third kappa shape index (κ3) is 15.1. The number of aliphatic hydroxyl groups excluding tert-OH is 1. The number of aromatic nitrogens is 8. The van der Waals surface area contributed by atoms with E-state index >= 15 is 0 Å². The fourth-order valence-corrected chi connectivity index (χ4v) is 15.4. The Bertz CT molecular complexity index is 4110. The van der Waals surface area contributed by atoms with Crippen LogP contribution in [0.2, 0.25) is 0 Å². The maximum Gasteiger partial charge on any atom is 0.339 e. The fraction of sp³-hybridized carbons (Fsp3) is 0.317. The number of ketones is 1. The van der Waals surface area contributed by atoms with E-state index in [-0.39, 0.29) is 67.5 Å².